The SMILES string of the molecule is COc1cc(C(=O)N(C2CC2)C(C)c2ccc(Cl)cc2)cc(OC)c1OC. The van der Waals surface area contributed by atoms with Crippen LogP contribution in [0.3, 0.4) is 0 Å². The summed E-state index contributed by atoms with van der Waals surface area (Å²) in [5, 5.41) is 0.680. The van der Waals surface area contributed by atoms with Gasteiger partial charge in [-0.05, 0) is 49.6 Å². The number of nitrogens with zero attached hydrogens (tertiary/aromatic N) is 1. The molecule has 1 aliphatic rings. The van der Waals surface area contributed by atoms with E-state index in [9.17, 15) is 4.79 Å². The van der Waals surface area contributed by atoms with Crippen molar-refractivity contribution >= 4 is 17.5 Å². The maximum absolute atomic E-state index is 13.4. The zero-order chi connectivity index (χ0) is 19.6. The van der Waals surface area contributed by atoms with Crippen molar-refractivity contribution in [2.24, 2.45) is 0 Å². The Labute approximate surface area is 164 Å². The predicted molar refractivity (Wildman–Crippen MR) is 105 cm³/mol. The number of amides is 1. The Morgan fingerprint density at radius 2 is 1.59 bits per heavy atom. The number of hydrogen-bond acceptors (Lipinski definition) is 4. The highest BCUT2D eigenvalue weighted by atomic mass is 35.5. The third-order valence-electron chi connectivity index (χ3n) is 4.86. The molecule has 2 aromatic carbocycles. The Kier molecular flexibility index (Phi) is 5.80. The number of benzene rings is 2. The summed E-state index contributed by atoms with van der Waals surface area (Å²) in [5.74, 6) is 1.35. The number of ether oxygens (including phenoxy) is 3. The van der Waals surface area contributed by atoms with E-state index in [-0.39, 0.29) is 18.0 Å². The van der Waals surface area contributed by atoms with E-state index in [4.69, 9.17) is 25.8 Å². The fourth-order valence-corrected chi connectivity index (χ4v) is 3.39. The lowest BCUT2D eigenvalue weighted by molar-refractivity contribution is 0.0673. The van der Waals surface area contributed by atoms with E-state index in [1.54, 1.807) is 33.5 Å². The highest BCUT2D eigenvalue weighted by Gasteiger charge is 2.37. The monoisotopic (exact) mass is 389 g/mol. The van der Waals surface area contributed by atoms with Gasteiger partial charge in [0.1, 0.15) is 0 Å². The molecule has 0 N–H and O–H groups in total. The van der Waals surface area contributed by atoms with Crippen LogP contribution in [0.5, 0.6) is 17.2 Å². The van der Waals surface area contributed by atoms with Crippen molar-refractivity contribution in [1.82, 2.24) is 4.90 Å². The molecule has 2 aromatic rings. The molecule has 1 unspecified atom stereocenters. The van der Waals surface area contributed by atoms with Gasteiger partial charge in [-0.3, -0.25) is 4.79 Å². The fourth-order valence-electron chi connectivity index (χ4n) is 3.27. The molecule has 0 aliphatic heterocycles. The second-order valence-corrected chi connectivity index (χ2v) is 7.02. The van der Waals surface area contributed by atoms with Crippen LogP contribution in [0.25, 0.3) is 0 Å². The Balaban J connectivity index is 1.97. The average Bonchev–Trinajstić information content (AvgIpc) is 3.52. The summed E-state index contributed by atoms with van der Waals surface area (Å²) in [5.41, 5.74) is 1.56. The number of rotatable bonds is 7. The van der Waals surface area contributed by atoms with E-state index in [2.05, 4.69) is 0 Å². The van der Waals surface area contributed by atoms with Crippen LogP contribution in [0.4, 0.5) is 0 Å². The van der Waals surface area contributed by atoms with Gasteiger partial charge in [-0.25, -0.2) is 0 Å². The van der Waals surface area contributed by atoms with Gasteiger partial charge in [0.25, 0.3) is 5.91 Å². The number of halogens is 1. The number of methoxy groups -OCH3 is 3. The molecule has 5 nitrogen and oxygen atoms in total. The molecule has 0 spiro atoms. The molecule has 3 rings (SSSR count). The number of hydrogen-bond donors (Lipinski definition) is 0. The molecule has 1 fully saturated rings. The van der Waals surface area contributed by atoms with Gasteiger partial charge in [0.15, 0.2) is 11.5 Å². The van der Waals surface area contributed by atoms with Crippen molar-refractivity contribution in [2.45, 2.75) is 31.8 Å². The molecule has 0 radical (unpaired) electrons. The molecule has 1 aliphatic carbocycles. The summed E-state index contributed by atoms with van der Waals surface area (Å²) in [6.45, 7) is 2.04. The largest absolute Gasteiger partial charge is 0.493 e. The van der Waals surface area contributed by atoms with Crippen molar-refractivity contribution in [3.63, 3.8) is 0 Å². The van der Waals surface area contributed by atoms with E-state index < -0.39 is 0 Å². The van der Waals surface area contributed by atoms with Crippen molar-refractivity contribution in [3.05, 3.63) is 52.5 Å². The third kappa shape index (κ3) is 3.98. The first-order chi connectivity index (χ1) is 13.0. The van der Waals surface area contributed by atoms with Crippen molar-refractivity contribution in [3.8, 4) is 17.2 Å². The van der Waals surface area contributed by atoms with Crippen LogP contribution in [0.1, 0.15) is 41.7 Å². The Morgan fingerprint density at radius 1 is 1.04 bits per heavy atom. The van der Waals surface area contributed by atoms with Gasteiger partial charge in [-0.15, -0.1) is 0 Å². The van der Waals surface area contributed by atoms with E-state index in [0.29, 0.717) is 27.8 Å². The number of carbonyl (C=O) groups excluding carboxylic acids is 1. The van der Waals surface area contributed by atoms with E-state index in [1.165, 1.54) is 0 Å². The summed E-state index contributed by atoms with van der Waals surface area (Å²) in [6, 6.07) is 11.2. The zero-order valence-corrected chi connectivity index (χ0v) is 16.7. The van der Waals surface area contributed by atoms with Crippen LogP contribution in [-0.2, 0) is 0 Å². The fraction of sp³-hybridized carbons (Fsp3) is 0.381. The van der Waals surface area contributed by atoms with Gasteiger partial charge in [0.2, 0.25) is 5.75 Å². The molecule has 1 amide bonds. The van der Waals surface area contributed by atoms with Gasteiger partial charge in [-0.1, -0.05) is 23.7 Å². The van der Waals surface area contributed by atoms with Crippen LogP contribution in [0.15, 0.2) is 36.4 Å². The van der Waals surface area contributed by atoms with E-state index >= 15 is 0 Å². The van der Waals surface area contributed by atoms with Gasteiger partial charge in [0.05, 0.1) is 27.4 Å². The molecule has 0 aromatic heterocycles. The Hall–Kier alpha value is -2.40. The van der Waals surface area contributed by atoms with Crippen molar-refractivity contribution in [1.29, 1.82) is 0 Å². The standard InChI is InChI=1S/C21H24ClNO4/c1-13(14-5-7-16(22)8-6-14)23(17-9-10-17)21(24)15-11-18(25-2)20(27-4)19(12-15)26-3/h5-8,11-13,17H,9-10H2,1-4H3. The molecule has 0 bridgehead atoms. The smallest absolute Gasteiger partial charge is 0.254 e. The second kappa shape index (κ2) is 8.09. The predicted octanol–water partition coefficient (Wildman–Crippen LogP) is 4.73. The van der Waals surface area contributed by atoms with Crippen LogP contribution in [0, 0.1) is 0 Å². The zero-order valence-electron chi connectivity index (χ0n) is 16.0. The third-order valence-corrected chi connectivity index (χ3v) is 5.11. The van der Waals surface area contributed by atoms with Crippen molar-refractivity contribution < 1.29 is 19.0 Å². The molecule has 27 heavy (non-hydrogen) atoms. The van der Waals surface area contributed by atoms with Gasteiger partial charge < -0.3 is 19.1 Å². The first-order valence-electron chi connectivity index (χ1n) is 8.88. The summed E-state index contributed by atoms with van der Waals surface area (Å²) in [6.07, 6.45) is 2.02. The van der Waals surface area contributed by atoms with E-state index in [0.717, 1.165) is 18.4 Å². The van der Waals surface area contributed by atoms with Gasteiger partial charge >= 0.3 is 0 Å². The van der Waals surface area contributed by atoms with E-state index in [1.807, 2.05) is 36.1 Å². The lowest BCUT2D eigenvalue weighted by atomic mass is 10.0. The minimum Gasteiger partial charge on any atom is -0.493 e. The molecular weight excluding hydrogens is 366 g/mol. The highest BCUT2D eigenvalue weighted by Crippen LogP contribution is 2.41. The lowest BCUT2D eigenvalue weighted by Gasteiger charge is -2.30. The molecule has 1 saturated carbocycles. The van der Waals surface area contributed by atoms with Crippen molar-refractivity contribution in [2.75, 3.05) is 21.3 Å². The minimum atomic E-state index is -0.0682. The molecule has 144 valence electrons. The maximum atomic E-state index is 13.4. The van der Waals surface area contributed by atoms with Gasteiger partial charge in [0, 0.05) is 16.6 Å². The molecule has 1 atom stereocenters. The van der Waals surface area contributed by atoms with Crippen LogP contribution < -0.4 is 14.2 Å². The first kappa shape index (κ1) is 19.4. The quantitative estimate of drug-likeness (QED) is 0.686. The molecule has 0 saturated heterocycles. The molecule has 0 heterocycles. The maximum Gasteiger partial charge on any atom is 0.254 e. The Bertz CT molecular complexity index is 792. The summed E-state index contributed by atoms with van der Waals surface area (Å²) >= 11 is 6.00. The van der Waals surface area contributed by atoms with Gasteiger partial charge in [-0.2, -0.15) is 0 Å². The Morgan fingerprint density at radius 3 is 2.04 bits per heavy atom. The molecular formula is C21H24ClNO4. The normalized spacial score (nSPS) is 14.4. The van der Waals surface area contributed by atoms with Crippen LogP contribution in [0.2, 0.25) is 5.02 Å². The number of carbonyl (C=O) groups is 1. The highest BCUT2D eigenvalue weighted by molar-refractivity contribution is 6.30. The molecule has 6 heteroatoms. The minimum absolute atomic E-state index is 0.0563. The summed E-state index contributed by atoms with van der Waals surface area (Å²) in [7, 11) is 4.63. The van der Waals surface area contributed by atoms with Crippen LogP contribution in [-0.4, -0.2) is 38.2 Å². The lowest BCUT2D eigenvalue weighted by Crippen LogP contribution is -2.35. The topological polar surface area (TPSA) is 48.0 Å². The summed E-state index contributed by atoms with van der Waals surface area (Å²) < 4.78 is 16.1. The second-order valence-electron chi connectivity index (χ2n) is 6.59. The van der Waals surface area contributed by atoms with Crippen LogP contribution >= 0.6 is 11.6 Å². The first-order valence-corrected chi connectivity index (χ1v) is 9.26. The summed E-state index contributed by atoms with van der Waals surface area (Å²) in [4.78, 5) is 15.3. The average molecular weight is 390 g/mol.